The van der Waals surface area contributed by atoms with Crippen LogP contribution >= 0.6 is 0 Å². The van der Waals surface area contributed by atoms with Crippen LogP contribution in [0.4, 0.5) is 5.69 Å². The molecule has 1 rings (SSSR count). The van der Waals surface area contributed by atoms with E-state index in [0.717, 1.165) is 18.2 Å². The first-order valence-electron chi connectivity index (χ1n) is 2.79. The fourth-order valence-corrected chi connectivity index (χ4v) is 0.662. The van der Waals surface area contributed by atoms with Gasteiger partial charge >= 0.3 is 0 Å². The van der Waals surface area contributed by atoms with Gasteiger partial charge in [-0.2, -0.15) is 0 Å². The molecule has 0 unspecified atom stereocenters. The summed E-state index contributed by atoms with van der Waals surface area (Å²) >= 11 is 0. The van der Waals surface area contributed by atoms with Gasteiger partial charge in [0.2, 0.25) is 0 Å². The van der Waals surface area contributed by atoms with Crippen LogP contribution in [-0.4, -0.2) is 15.5 Å². The Labute approximate surface area is 62.3 Å². The van der Waals surface area contributed by atoms with Crippen LogP contribution in [-0.2, 0) is 0 Å². The number of hydrogen-bond acceptors (Lipinski definition) is 5. The second kappa shape index (κ2) is 2.65. The highest BCUT2D eigenvalue weighted by molar-refractivity contribution is 5.56. The smallest absolute Gasteiger partial charge is 0.117 e. The Morgan fingerprint density at radius 1 is 1.27 bits per heavy atom. The summed E-state index contributed by atoms with van der Waals surface area (Å²) in [6, 6.07) is 3.14. The lowest BCUT2D eigenvalue weighted by Gasteiger charge is -2.16. The molecule has 0 heterocycles. The third-order valence-corrected chi connectivity index (χ3v) is 1.16. The van der Waals surface area contributed by atoms with E-state index in [1.165, 1.54) is 0 Å². The van der Waals surface area contributed by atoms with Gasteiger partial charge in [0, 0.05) is 6.07 Å². The summed E-state index contributed by atoms with van der Waals surface area (Å²) in [7, 11) is 0. The molecule has 0 aliphatic rings. The van der Waals surface area contributed by atoms with Crippen molar-refractivity contribution in [2.24, 2.45) is 0 Å². The van der Waals surface area contributed by atoms with Gasteiger partial charge in [-0.1, -0.05) is 11.8 Å². The van der Waals surface area contributed by atoms with Gasteiger partial charge in [0.1, 0.15) is 5.75 Å². The number of hydrogen-bond donors (Lipinski definition) is 3. The minimum Gasteiger partial charge on any atom is -0.871 e. The molecule has 0 aliphatic carbocycles. The van der Waals surface area contributed by atoms with Crippen molar-refractivity contribution in [3.05, 3.63) is 18.2 Å². The van der Waals surface area contributed by atoms with E-state index >= 15 is 0 Å². The monoisotopic (exact) mass is 156 g/mol. The zero-order chi connectivity index (χ0) is 8.43. The van der Waals surface area contributed by atoms with Crippen molar-refractivity contribution in [2.75, 3.05) is 5.23 Å². The van der Waals surface area contributed by atoms with Gasteiger partial charge in [-0.15, -0.1) is 5.23 Å². The van der Waals surface area contributed by atoms with Crippen molar-refractivity contribution in [1.29, 1.82) is 0 Å². The molecule has 11 heavy (non-hydrogen) atoms. The SMILES string of the molecule is [O-]c1ccc(O)cc1N(O)O. The average Bonchev–Trinajstić information content (AvgIpc) is 1.94. The van der Waals surface area contributed by atoms with Crippen molar-refractivity contribution in [3.63, 3.8) is 0 Å². The van der Waals surface area contributed by atoms with E-state index in [1.807, 2.05) is 0 Å². The van der Waals surface area contributed by atoms with E-state index in [0.29, 0.717) is 0 Å². The summed E-state index contributed by atoms with van der Waals surface area (Å²) in [5.74, 6) is -0.777. The van der Waals surface area contributed by atoms with Crippen molar-refractivity contribution >= 4 is 5.69 Å². The van der Waals surface area contributed by atoms with Crippen LogP contribution < -0.4 is 10.3 Å². The zero-order valence-electron chi connectivity index (χ0n) is 5.43. The molecule has 0 fully saturated rings. The quantitative estimate of drug-likeness (QED) is 0.500. The standard InChI is InChI=1S/C6H7NO4/c8-4-1-2-6(9)5(3-4)7(10)11/h1-3,8-11H/p-1. The van der Waals surface area contributed by atoms with Gasteiger partial charge in [0.25, 0.3) is 0 Å². The maximum atomic E-state index is 10.7. The maximum absolute atomic E-state index is 10.7. The Bertz CT molecular complexity index is 261. The summed E-state index contributed by atoms with van der Waals surface area (Å²) in [5.41, 5.74) is -0.384. The van der Waals surface area contributed by atoms with Gasteiger partial charge in [-0.3, -0.25) is 10.4 Å². The molecule has 0 saturated heterocycles. The number of rotatable bonds is 1. The first-order valence-corrected chi connectivity index (χ1v) is 2.79. The summed E-state index contributed by atoms with van der Waals surface area (Å²) in [6.07, 6.45) is 0. The number of phenols is 1. The molecule has 0 atom stereocenters. The molecule has 0 bridgehead atoms. The molecule has 0 aromatic heterocycles. The summed E-state index contributed by atoms with van der Waals surface area (Å²) in [6.45, 7) is 0. The van der Waals surface area contributed by atoms with Crippen LogP contribution in [0, 0.1) is 0 Å². The highest BCUT2D eigenvalue weighted by Gasteiger charge is 2.00. The van der Waals surface area contributed by atoms with Crippen molar-refractivity contribution in [2.45, 2.75) is 0 Å². The van der Waals surface area contributed by atoms with E-state index in [-0.39, 0.29) is 16.7 Å². The first kappa shape index (κ1) is 7.64. The highest BCUT2D eigenvalue weighted by Crippen LogP contribution is 2.26. The first-order chi connectivity index (χ1) is 5.11. The zero-order valence-corrected chi connectivity index (χ0v) is 5.43. The van der Waals surface area contributed by atoms with Crippen LogP contribution in [0.2, 0.25) is 0 Å². The average molecular weight is 156 g/mol. The second-order valence-electron chi connectivity index (χ2n) is 1.94. The van der Waals surface area contributed by atoms with Crippen molar-refractivity contribution in [1.82, 2.24) is 0 Å². The maximum Gasteiger partial charge on any atom is 0.117 e. The molecule has 3 N–H and O–H groups in total. The second-order valence-corrected chi connectivity index (χ2v) is 1.94. The molecular formula is C6H6NO4-. The topological polar surface area (TPSA) is 87.0 Å². The van der Waals surface area contributed by atoms with Gasteiger partial charge in [0.05, 0.1) is 5.69 Å². The Morgan fingerprint density at radius 2 is 1.91 bits per heavy atom. The van der Waals surface area contributed by atoms with E-state index in [1.54, 1.807) is 0 Å². The number of benzene rings is 1. The number of anilines is 1. The van der Waals surface area contributed by atoms with E-state index in [2.05, 4.69) is 0 Å². The molecular weight excluding hydrogens is 150 g/mol. The lowest BCUT2D eigenvalue weighted by molar-refractivity contribution is -0.268. The van der Waals surface area contributed by atoms with Gasteiger partial charge < -0.3 is 10.2 Å². The lowest BCUT2D eigenvalue weighted by atomic mass is 10.3. The Kier molecular flexibility index (Phi) is 1.84. The van der Waals surface area contributed by atoms with Crippen molar-refractivity contribution < 1.29 is 20.6 Å². The Hall–Kier alpha value is -1.46. The number of phenolic OH excluding ortho intramolecular Hbond substituents is 1. The van der Waals surface area contributed by atoms with E-state index in [4.69, 9.17) is 15.5 Å². The predicted octanol–water partition coefficient (Wildman–Crippen LogP) is 0.0506. The molecule has 5 nitrogen and oxygen atoms in total. The van der Waals surface area contributed by atoms with Crippen LogP contribution in [0.15, 0.2) is 18.2 Å². The van der Waals surface area contributed by atoms with Gasteiger partial charge in [0.15, 0.2) is 0 Å². The number of aromatic hydroxyl groups is 1. The molecule has 5 heteroatoms. The molecule has 0 spiro atoms. The summed E-state index contributed by atoms with van der Waals surface area (Å²) in [4.78, 5) is 0. The minimum absolute atomic E-state index is 0.201. The minimum atomic E-state index is -0.576. The number of nitrogens with zero attached hydrogens (tertiary/aromatic N) is 1. The predicted molar refractivity (Wildman–Crippen MR) is 33.6 cm³/mol. The highest BCUT2D eigenvalue weighted by atomic mass is 16.8. The Balaban J connectivity index is 3.13. The third-order valence-electron chi connectivity index (χ3n) is 1.16. The van der Waals surface area contributed by atoms with Crippen LogP contribution in [0.25, 0.3) is 0 Å². The van der Waals surface area contributed by atoms with Crippen LogP contribution in [0.1, 0.15) is 0 Å². The van der Waals surface area contributed by atoms with E-state index < -0.39 is 5.75 Å². The summed E-state index contributed by atoms with van der Waals surface area (Å²) in [5, 5.41) is 36.0. The van der Waals surface area contributed by atoms with Crippen molar-refractivity contribution in [3.8, 4) is 11.5 Å². The van der Waals surface area contributed by atoms with Crippen LogP contribution in [0.5, 0.6) is 11.5 Å². The van der Waals surface area contributed by atoms with Gasteiger partial charge in [-0.25, -0.2) is 0 Å². The molecule has 0 saturated carbocycles. The summed E-state index contributed by atoms with van der Waals surface area (Å²) < 4.78 is 0. The molecule has 0 amide bonds. The molecule has 0 radical (unpaired) electrons. The fraction of sp³-hybridized carbons (Fsp3) is 0. The lowest BCUT2D eigenvalue weighted by Crippen LogP contribution is -2.13. The van der Waals surface area contributed by atoms with Gasteiger partial charge in [-0.05, 0) is 6.07 Å². The molecule has 1 aromatic rings. The Morgan fingerprint density at radius 3 is 2.36 bits per heavy atom. The normalized spacial score (nSPS) is 9.64. The molecule has 0 aliphatic heterocycles. The molecule has 60 valence electrons. The largest absolute Gasteiger partial charge is 0.871 e. The van der Waals surface area contributed by atoms with Crippen LogP contribution in [0.3, 0.4) is 0 Å². The molecule has 1 aromatic carbocycles. The fourth-order valence-electron chi connectivity index (χ4n) is 0.662. The third kappa shape index (κ3) is 1.51. The van der Waals surface area contributed by atoms with E-state index in [9.17, 15) is 5.11 Å².